The predicted molar refractivity (Wildman–Crippen MR) is 93.6 cm³/mol. The molecule has 1 N–H and O–H groups in total. The van der Waals surface area contributed by atoms with Gasteiger partial charge in [-0.2, -0.15) is 4.21 Å². The van der Waals surface area contributed by atoms with E-state index in [0.29, 0.717) is 0 Å². The van der Waals surface area contributed by atoms with Gasteiger partial charge in [-0.15, -0.1) is 0 Å². The van der Waals surface area contributed by atoms with Crippen LogP contribution in [0.15, 0.2) is 106 Å². The fraction of sp³-hybridized carbons (Fsp3) is 0. The molecule has 1 atom stereocenters. The van der Waals surface area contributed by atoms with Crippen LogP contribution in [-0.4, -0.2) is 8.76 Å². The Balaban J connectivity index is 2.32. The number of hydrogen-bond acceptors (Lipinski definition) is 2. The molecular weight excluding hydrogens is 328 g/mol. The second kappa shape index (κ2) is 7.10. The van der Waals surface area contributed by atoms with Crippen LogP contribution in [0.25, 0.3) is 0 Å². The molecule has 0 aromatic heterocycles. The van der Waals surface area contributed by atoms with Crippen molar-refractivity contribution >= 4 is 21.7 Å². The summed E-state index contributed by atoms with van der Waals surface area (Å²) in [6.07, 6.45) is 0. The molecule has 0 spiro atoms. The molecule has 0 bridgehead atoms. The van der Waals surface area contributed by atoms with Gasteiger partial charge in [0.15, 0.2) is 0 Å². The van der Waals surface area contributed by atoms with Crippen molar-refractivity contribution in [3.05, 3.63) is 91.0 Å². The molecule has 5 heteroatoms. The van der Waals surface area contributed by atoms with Crippen LogP contribution in [0.5, 0.6) is 0 Å². The summed E-state index contributed by atoms with van der Waals surface area (Å²) in [5.74, 6) is 0. The first kappa shape index (κ1) is 16.0. The molecule has 118 valence electrons. The molecule has 0 aliphatic heterocycles. The third kappa shape index (κ3) is 3.23. The molecule has 0 heterocycles. The summed E-state index contributed by atoms with van der Waals surface area (Å²) in [6.45, 7) is 0. The lowest BCUT2D eigenvalue weighted by Gasteiger charge is -2.38. The maximum Gasteiger partial charge on any atom is 0.313 e. The van der Waals surface area contributed by atoms with E-state index < -0.39 is 21.7 Å². The summed E-state index contributed by atoms with van der Waals surface area (Å²) in [7, 11) is -2.28. The minimum absolute atomic E-state index is 0.875. The van der Waals surface area contributed by atoms with Crippen LogP contribution in [0.2, 0.25) is 0 Å². The Morgan fingerprint density at radius 2 is 0.957 bits per heavy atom. The summed E-state index contributed by atoms with van der Waals surface area (Å²) in [5.41, 5.74) is 0. The molecule has 3 rings (SSSR count). The Kier molecular flexibility index (Phi) is 4.93. The highest BCUT2D eigenvalue weighted by Gasteiger charge is 2.34. The van der Waals surface area contributed by atoms with E-state index in [2.05, 4.69) is 0 Å². The predicted octanol–water partition coefficient (Wildman–Crippen LogP) is 5.04. The lowest BCUT2D eigenvalue weighted by Crippen LogP contribution is -2.09. The highest BCUT2D eigenvalue weighted by molar-refractivity contribution is 8.32. The summed E-state index contributed by atoms with van der Waals surface area (Å²) in [6, 6.07) is 28.8. The standard InChI is InChI=1S/C18H16O3S2/c19-22(20)21-23(16-10-4-1-5-11-16,17-12-6-2-7-13-17)18-14-8-3-9-15-18/h1-15H,(H,19,20). The van der Waals surface area contributed by atoms with Crippen LogP contribution in [-0.2, 0) is 15.0 Å². The first-order valence-corrected chi connectivity index (χ1v) is 9.62. The lowest BCUT2D eigenvalue weighted by atomic mass is 10.4. The van der Waals surface area contributed by atoms with Gasteiger partial charge in [0.2, 0.25) is 0 Å². The number of hydrogen-bond donors (Lipinski definition) is 1. The van der Waals surface area contributed by atoms with Crippen molar-refractivity contribution in [2.24, 2.45) is 0 Å². The first-order valence-electron chi connectivity index (χ1n) is 7.03. The fourth-order valence-electron chi connectivity index (χ4n) is 2.45. The first-order chi connectivity index (χ1) is 11.2. The average Bonchev–Trinajstić information content (AvgIpc) is 2.62. The second-order valence-corrected chi connectivity index (χ2v) is 8.29. The molecule has 1 unspecified atom stereocenters. The SMILES string of the molecule is O=S(O)OS(c1ccccc1)(c1ccccc1)c1ccccc1. The summed E-state index contributed by atoms with van der Waals surface area (Å²) >= 11 is -2.40. The van der Waals surface area contributed by atoms with Crippen LogP contribution in [0, 0.1) is 0 Å². The van der Waals surface area contributed by atoms with E-state index in [9.17, 15) is 8.76 Å². The highest BCUT2D eigenvalue weighted by Crippen LogP contribution is 2.69. The van der Waals surface area contributed by atoms with Gasteiger partial charge >= 0.3 is 11.4 Å². The molecule has 3 aromatic rings. The van der Waals surface area contributed by atoms with Crippen LogP contribution < -0.4 is 0 Å². The van der Waals surface area contributed by atoms with Crippen LogP contribution >= 0.6 is 10.3 Å². The van der Waals surface area contributed by atoms with Crippen molar-refractivity contribution in [3.63, 3.8) is 0 Å². The number of benzene rings is 3. The minimum Gasteiger partial charge on any atom is -0.283 e. The zero-order valence-corrected chi connectivity index (χ0v) is 13.9. The van der Waals surface area contributed by atoms with Gasteiger partial charge in [0.05, 0.1) is 0 Å². The Hall–Kier alpha value is -1.92. The van der Waals surface area contributed by atoms with E-state index in [0.717, 1.165) is 14.7 Å². The summed E-state index contributed by atoms with van der Waals surface area (Å²) < 4.78 is 26.9. The molecule has 0 fully saturated rings. The van der Waals surface area contributed by atoms with Gasteiger partial charge in [0, 0.05) is 14.7 Å². The third-order valence-electron chi connectivity index (χ3n) is 3.39. The van der Waals surface area contributed by atoms with Gasteiger partial charge in [0.25, 0.3) is 0 Å². The molecule has 0 radical (unpaired) electrons. The summed E-state index contributed by atoms with van der Waals surface area (Å²) in [4.78, 5) is 2.62. The quantitative estimate of drug-likeness (QED) is 0.660. The van der Waals surface area contributed by atoms with Crippen molar-refractivity contribution in [2.75, 3.05) is 0 Å². The molecule has 0 saturated heterocycles. The molecule has 0 aliphatic carbocycles. The zero-order valence-electron chi connectivity index (χ0n) is 12.2. The molecular formula is C18H16O3S2. The van der Waals surface area contributed by atoms with Crippen molar-refractivity contribution in [1.82, 2.24) is 0 Å². The second-order valence-electron chi connectivity index (χ2n) is 4.78. The lowest BCUT2D eigenvalue weighted by molar-refractivity contribution is 0.477. The summed E-state index contributed by atoms with van der Waals surface area (Å²) in [5, 5.41) is 0. The van der Waals surface area contributed by atoms with E-state index in [1.165, 1.54) is 0 Å². The van der Waals surface area contributed by atoms with Gasteiger partial charge in [-0.3, -0.25) is 4.55 Å². The van der Waals surface area contributed by atoms with E-state index >= 15 is 0 Å². The molecule has 3 aromatic carbocycles. The smallest absolute Gasteiger partial charge is 0.283 e. The van der Waals surface area contributed by atoms with Crippen LogP contribution in [0.4, 0.5) is 0 Å². The van der Waals surface area contributed by atoms with Crippen molar-refractivity contribution < 1.29 is 12.4 Å². The maximum absolute atomic E-state index is 11.6. The Morgan fingerprint density at radius 1 is 0.652 bits per heavy atom. The number of rotatable bonds is 5. The van der Waals surface area contributed by atoms with Gasteiger partial charge < -0.3 is 0 Å². The largest absolute Gasteiger partial charge is 0.313 e. The normalized spacial score (nSPS) is 13.4. The molecule has 0 aliphatic rings. The van der Waals surface area contributed by atoms with Crippen LogP contribution in [0.1, 0.15) is 0 Å². The average molecular weight is 344 g/mol. The fourth-order valence-corrected chi connectivity index (χ4v) is 6.53. The van der Waals surface area contributed by atoms with E-state index in [1.807, 2.05) is 91.0 Å². The third-order valence-corrected chi connectivity index (χ3v) is 7.48. The van der Waals surface area contributed by atoms with Crippen molar-refractivity contribution in [1.29, 1.82) is 0 Å². The maximum atomic E-state index is 11.6. The molecule has 3 nitrogen and oxygen atoms in total. The Labute approximate surface area is 140 Å². The van der Waals surface area contributed by atoms with Gasteiger partial charge in [0.1, 0.15) is 0 Å². The molecule has 0 saturated carbocycles. The van der Waals surface area contributed by atoms with E-state index in [1.54, 1.807) is 0 Å². The van der Waals surface area contributed by atoms with Crippen molar-refractivity contribution in [3.8, 4) is 0 Å². The van der Waals surface area contributed by atoms with Crippen LogP contribution in [0.3, 0.4) is 0 Å². The van der Waals surface area contributed by atoms with Gasteiger partial charge in [-0.25, -0.2) is 3.63 Å². The van der Waals surface area contributed by atoms with E-state index in [-0.39, 0.29) is 0 Å². The topological polar surface area (TPSA) is 46.5 Å². The Bertz CT molecular complexity index is 680. The Morgan fingerprint density at radius 3 is 1.22 bits per heavy atom. The van der Waals surface area contributed by atoms with Gasteiger partial charge in [-0.1, -0.05) is 54.6 Å². The molecule has 0 amide bonds. The van der Waals surface area contributed by atoms with Gasteiger partial charge in [-0.05, 0) is 46.7 Å². The monoisotopic (exact) mass is 344 g/mol. The minimum atomic E-state index is -2.40. The van der Waals surface area contributed by atoms with Crippen molar-refractivity contribution in [2.45, 2.75) is 14.7 Å². The molecule has 23 heavy (non-hydrogen) atoms. The van der Waals surface area contributed by atoms with E-state index in [4.69, 9.17) is 3.63 Å². The highest BCUT2D eigenvalue weighted by atomic mass is 32.3. The zero-order chi connectivity index (χ0) is 16.1.